The Morgan fingerprint density at radius 1 is 1.32 bits per heavy atom. The summed E-state index contributed by atoms with van der Waals surface area (Å²) in [6.45, 7) is 9.23. The van der Waals surface area contributed by atoms with E-state index in [9.17, 15) is 4.79 Å². The van der Waals surface area contributed by atoms with Crippen molar-refractivity contribution in [3.05, 3.63) is 21.2 Å². The van der Waals surface area contributed by atoms with Crippen molar-refractivity contribution >= 4 is 21.7 Å². The van der Waals surface area contributed by atoms with E-state index in [2.05, 4.69) is 58.9 Å². The van der Waals surface area contributed by atoms with Gasteiger partial charge in [0, 0.05) is 6.04 Å². The first-order chi connectivity index (χ1) is 8.69. The standard InChI is InChI=1S/C14H22BrN3O/c1-13(2)5-9(6-14(3,4)7-13)18-11-10(15)12(19)17-8-16-11/h8-9H,5-7H2,1-4H3,(H2,16,17,18,19). The molecule has 1 heterocycles. The van der Waals surface area contributed by atoms with E-state index in [4.69, 9.17) is 0 Å². The summed E-state index contributed by atoms with van der Waals surface area (Å²) in [5, 5.41) is 3.42. The van der Waals surface area contributed by atoms with Gasteiger partial charge in [0.25, 0.3) is 5.56 Å². The highest BCUT2D eigenvalue weighted by Crippen LogP contribution is 2.46. The highest BCUT2D eigenvalue weighted by molar-refractivity contribution is 9.10. The molecule has 0 bridgehead atoms. The third-order valence-electron chi connectivity index (χ3n) is 3.69. The SMILES string of the molecule is CC1(C)CC(Nc2nc[nH]c(=O)c2Br)CC(C)(C)C1. The maximum Gasteiger partial charge on any atom is 0.267 e. The Labute approximate surface area is 122 Å². The van der Waals surface area contributed by atoms with Gasteiger partial charge in [0.15, 0.2) is 0 Å². The molecule has 19 heavy (non-hydrogen) atoms. The van der Waals surface area contributed by atoms with Crippen LogP contribution in [0, 0.1) is 10.8 Å². The van der Waals surface area contributed by atoms with Crippen molar-refractivity contribution in [2.24, 2.45) is 10.8 Å². The van der Waals surface area contributed by atoms with Crippen LogP contribution in [0.25, 0.3) is 0 Å². The maximum absolute atomic E-state index is 11.6. The minimum atomic E-state index is -0.146. The molecule has 0 amide bonds. The van der Waals surface area contributed by atoms with Crippen LogP contribution in [-0.2, 0) is 0 Å². The van der Waals surface area contributed by atoms with Crippen LogP contribution in [0.15, 0.2) is 15.6 Å². The molecule has 2 rings (SSSR count). The van der Waals surface area contributed by atoms with E-state index in [1.807, 2.05) is 0 Å². The van der Waals surface area contributed by atoms with E-state index in [-0.39, 0.29) is 5.56 Å². The van der Waals surface area contributed by atoms with Crippen LogP contribution >= 0.6 is 15.9 Å². The molecule has 1 aromatic rings. The van der Waals surface area contributed by atoms with Gasteiger partial charge in [0.2, 0.25) is 0 Å². The predicted molar refractivity (Wildman–Crippen MR) is 81.4 cm³/mol. The van der Waals surface area contributed by atoms with Crippen LogP contribution in [0.3, 0.4) is 0 Å². The molecule has 0 atom stereocenters. The molecule has 1 fully saturated rings. The first-order valence-corrected chi connectivity index (χ1v) is 7.48. The lowest BCUT2D eigenvalue weighted by Gasteiger charge is -2.45. The topological polar surface area (TPSA) is 57.8 Å². The summed E-state index contributed by atoms with van der Waals surface area (Å²) in [7, 11) is 0. The Kier molecular flexibility index (Phi) is 3.78. The second-order valence-corrected chi connectivity index (χ2v) is 7.94. The number of hydrogen-bond acceptors (Lipinski definition) is 3. The molecule has 0 aliphatic heterocycles. The minimum absolute atomic E-state index is 0.146. The molecule has 0 unspecified atom stereocenters. The average molecular weight is 328 g/mol. The zero-order valence-electron chi connectivity index (χ0n) is 12.0. The van der Waals surface area contributed by atoms with Gasteiger partial charge in [-0.25, -0.2) is 4.98 Å². The number of aromatic amines is 1. The van der Waals surface area contributed by atoms with Gasteiger partial charge < -0.3 is 10.3 Å². The first-order valence-electron chi connectivity index (χ1n) is 6.68. The normalized spacial score (nSPS) is 22.2. The fraction of sp³-hybridized carbons (Fsp3) is 0.714. The highest BCUT2D eigenvalue weighted by atomic mass is 79.9. The Hall–Kier alpha value is -0.840. The number of nitrogens with one attached hydrogen (secondary N) is 2. The van der Waals surface area contributed by atoms with Gasteiger partial charge in [-0.1, -0.05) is 27.7 Å². The number of aromatic nitrogens is 2. The van der Waals surface area contributed by atoms with E-state index in [1.54, 1.807) is 0 Å². The summed E-state index contributed by atoms with van der Waals surface area (Å²) < 4.78 is 0.483. The van der Waals surface area contributed by atoms with Gasteiger partial charge in [-0.2, -0.15) is 0 Å². The molecular formula is C14H22BrN3O. The fourth-order valence-corrected chi connectivity index (χ4v) is 3.96. The molecular weight excluding hydrogens is 306 g/mol. The molecule has 4 nitrogen and oxygen atoms in total. The van der Waals surface area contributed by atoms with Crippen molar-refractivity contribution in [1.29, 1.82) is 0 Å². The molecule has 1 aliphatic rings. The molecule has 0 radical (unpaired) electrons. The number of nitrogens with zero attached hydrogens (tertiary/aromatic N) is 1. The van der Waals surface area contributed by atoms with Gasteiger partial charge in [-0.05, 0) is 46.0 Å². The molecule has 106 valence electrons. The van der Waals surface area contributed by atoms with E-state index in [0.29, 0.717) is 27.2 Å². The molecule has 1 saturated carbocycles. The van der Waals surface area contributed by atoms with Crippen molar-refractivity contribution in [3.63, 3.8) is 0 Å². The van der Waals surface area contributed by atoms with Crippen molar-refractivity contribution in [2.75, 3.05) is 5.32 Å². The van der Waals surface area contributed by atoms with Crippen molar-refractivity contribution in [2.45, 2.75) is 53.0 Å². The molecule has 1 aromatic heterocycles. The van der Waals surface area contributed by atoms with Gasteiger partial charge in [-0.3, -0.25) is 4.79 Å². The Bertz CT molecular complexity index is 506. The Morgan fingerprint density at radius 2 is 1.89 bits per heavy atom. The van der Waals surface area contributed by atoms with E-state index >= 15 is 0 Å². The summed E-state index contributed by atoms with van der Waals surface area (Å²) >= 11 is 3.30. The summed E-state index contributed by atoms with van der Waals surface area (Å²) in [5.41, 5.74) is 0.479. The van der Waals surface area contributed by atoms with Crippen LogP contribution in [0.1, 0.15) is 47.0 Å². The summed E-state index contributed by atoms with van der Waals surface area (Å²) in [4.78, 5) is 18.3. The van der Waals surface area contributed by atoms with Gasteiger partial charge >= 0.3 is 0 Å². The zero-order chi connectivity index (χ0) is 14.3. The third-order valence-corrected chi connectivity index (χ3v) is 4.43. The lowest BCUT2D eigenvalue weighted by atomic mass is 9.63. The average Bonchev–Trinajstić information content (AvgIpc) is 2.20. The molecule has 0 saturated heterocycles. The summed E-state index contributed by atoms with van der Waals surface area (Å²) in [6, 6.07) is 0.351. The second-order valence-electron chi connectivity index (χ2n) is 7.15. The quantitative estimate of drug-likeness (QED) is 0.873. The summed E-state index contributed by atoms with van der Waals surface area (Å²) in [6.07, 6.45) is 4.85. The van der Waals surface area contributed by atoms with Crippen LogP contribution in [-0.4, -0.2) is 16.0 Å². The van der Waals surface area contributed by atoms with E-state index in [0.717, 1.165) is 12.8 Å². The van der Waals surface area contributed by atoms with Crippen molar-refractivity contribution < 1.29 is 0 Å². The monoisotopic (exact) mass is 327 g/mol. The fourth-order valence-electron chi connectivity index (χ4n) is 3.63. The lowest BCUT2D eigenvalue weighted by Crippen LogP contribution is -2.40. The van der Waals surface area contributed by atoms with E-state index < -0.39 is 0 Å². The number of H-pyrrole nitrogens is 1. The number of anilines is 1. The van der Waals surface area contributed by atoms with Gasteiger partial charge in [0.05, 0.1) is 6.33 Å². The maximum atomic E-state index is 11.6. The summed E-state index contributed by atoms with van der Waals surface area (Å²) in [5.74, 6) is 0.641. The smallest absolute Gasteiger partial charge is 0.267 e. The Balaban J connectivity index is 2.19. The Morgan fingerprint density at radius 3 is 2.47 bits per heavy atom. The van der Waals surface area contributed by atoms with Gasteiger partial charge in [0.1, 0.15) is 10.3 Å². The van der Waals surface area contributed by atoms with Crippen LogP contribution < -0.4 is 10.9 Å². The molecule has 2 N–H and O–H groups in total. The molecule has 5 heteroatoms. The molecule has 1 aliphatic carbocycles. The number of rotatable bonds is 2. The largest absolute Gasteiger partial charge is 0.366 e. The molecule has 0 aromatic carbocycles. The van der Waals surface area contributed by atoms with Crippen molar-refractivity contribution in [1.82, 2.24) is 9.97 Å². The number of hydrogen-bond donors (Lipinski definition) is 2. The first kappa shape index (κ1) is 14.6. The minimum Gasteiger partial charge on any atom is -0.366 e. The third kappa shape index (κ3) is 3.59. The van der Waals surface area contributed by atoms with Crippen LogP contribution in [0.2, 0.25) is 0 Å². The van der Waals surface area contributed by atoms with Gasteiger partial charge in [-0.15, -0.1) is 0 Å². The molecule has 0 spiro atoms. The van der Waals surface area contributed by atoms with Crippen LogP contribution in [0.4, 0.5) is 5.82 Å². The lowest BCUT2D eigenvalue weighted by molar-refractivity contribution is 0.105. The highest BCUT2D eigenvalue weighted by Gasteiger charge is 2.38. The zero-order valence-corrected chi connectivity index (χ0v) is 13.6. The second kappa shape index (κ2) is 4.93. The van der Waals surface area contributed by atoms with E-state index in [1.165, 1.54) is 12.7 Å². The van der Waals surface area contributed by atoms with Crippen LogP contribution in [0.5, 0.6) is 0 Å². The van der Waals surface area contributed by atoms with Crippen molar-refractivity contribution in [3.8, 4) is 0 Å². The number of halogens is 1. The predicted octanol–water partition coefficient (Wildman–Crippen LogP) is 3.55.